The molecule has 0 spiro atoms. The second-order valence-corrected chi connectivity index (χ2v) is 6.16. The molecule has 128 valence electrons. The maximum absolute atomic E-state index is 12.9. The van der Waals surface area contributed by atoms with E-state index in [4.69, 9.17) is 0 Å². The molecule has 0 saturated heterocycles. The van der Waals surface area contributed by atoms with Crippen LogP contribution < -0.4 is 0 Å². The van der Waals surface area contributed by atoms with Gasteiger partial charge in [-0.3, -0.25) is 19.2 Å². The number of hydrogen-bond donors (Lipinski definition) is 2. The van der Waals surface area contributed by atoms with Crippen LogP contribution in [-0.2, 0) is 4.79 Å². The summed E-state index contributed by atoms with van der Waals surface area (Å²) >= 11 is 0. The van der Waals surface area contributed by atoms with Gasteiger partial charge in [-0.1, -0.05) is 48.5 Å². The lowest BCUT2D eigenvalue weighted by molar-refractivity contribution is -0.112. The van der Waals surface area contributed by atoms with Gasteiger partial charge in [0.15, 0.2) is 11.6 Å². The molecule has 2 aromatic rings. The first-order valence-corrected chi connectivity index (χ1v) is 7.90. The molecule has 6 heteroatoms. The topological polar surface area (TPSA) is 109 Å². The van der Waals surface area contributed by atoms with Crippen molar-refractivity contribution < 1.29 is 29.4 Å². The lowest BCUT2D eigenvalue weighted by Gasteiger charge is -2.30. The zero-order chi connectivity index (χ0) is 18.6. The van der Waals surface area contributed by atoms with Gasteiger partial charge in [0, 0.05) is 22.3 Å². The number of carbonyl (C=O) groups excluding carboxylic acids is 4. The molecule has 2 aliphatic carbocycles. The van der Waals surface area contributed by atoms with E-state index in [1.54, 1.807) is 24.3 Å². The number of hydrogen-bond acceptors (Lipinski definition) is 6. The number of Topliss-reactive ketones (excluding diaryl/α,β-unsaturated/α-hetero) is 4. The van der Waals surface area contributed by atoms with Crippen molar-refractivity contribution in [2.45, 2.75) is 6.10 Å². The van der Waals surface area contributed by atoms with Crippen LogP contribution in [0.15, 0.2) is 54.1 Å². The average Bonchev–Trinajstić information content (AvgIpc) is 2.67. The van der Waals surface area contributed by atoms with Crippen molar-refractivity contribution in [1.82, 2.24) is 0 Å². The summed E-state index contributed by atoms with van der Waals surface area (Å²) < 4.78 is 0. The number of carbonyl (C=O) groups is 4. The quantitative estimate of drug-likeness (QED) is 0.761. The monoisotopic (exact) mass is 348 g/mol. The van der Waals surface area contributed by atoms with Crippen LogP contribution in [0.3, 0.4) is 0 Å². The highest BCUT2D eigenvalue weighted by molar-refractivity contribution is 6.53. The number of rotatable bonds is 1. The van der Waals surface area contributed by atoms with Gasteiger partial charge in [0.2, 0.25) is 11.6 Å². The minimum absolute atomic E-state index is 0.0169. The van der Waals surface area contributed by atoms with E-state index in [2.05, 4.69) is 0 Å². The molecule has 4 rings (SSSR count). The minimum Gasteiger partial charge on any atom is -0.507 e. The van der Waals surface area contributed by atoms with Crippen molar-refractivity contribution in [2.75, 3.05) is 0 Å². The Morgan fingerprint density at radius 3 is 1.77 bits per heavy atom. The average molecular weight is 348 g/mol. The fourth-order valence-electron chi connectivity index (χ4n) is 3.50. The molecule has 26 heavy (non-hydrogen) atoms. The van der Waals surface area contributed by atoms with E-state index in [1.807, 2.05) is 0 Å². The molecule has 0 heterocycles. The molecule has 2 atom stereocenters. The maximum Gasteiger partial charge on any atom is 0.234 e. The first kappa shape index (κ1) is 16.1. The summed E-state index contributed by atoms with van der Waals surface area (Å²) in [4.78, 5) is 50.3. The van der Waals surface area contributed by atoms with E-state index in [9.17, 15) is 29.4 Å². The molecule has 0 amide bonds. The number of benzene rings is 2. The molecule has 0 aromatic heterocycles. The van der Waals surface area contributed by atoms with Gasteiger partial charge in [-0.05, 0) is 0 Å². The molecule has 0 bridgehead atoms. The van der Waals surface area contributed by atoms with Crippen molar-refractivity contribution in [2.24, 2.45) is 5.92 Å². The summed E-state index contributed by atoms with van der Waals surface area (Å²) in [6.45, 7) is 0. The van der Waals surface area contributed by atoms with Crippen LogP contribution in [0.4, 0.5) is 0 Å². The molecule has 0 saturated carbocycles. The van der Waals surface area contributed by atoms with Crippen molar-refractivity contribution in [3.8, 4) is 0 Å². The predicted octanol–water partition coefficient (Wildman–Crippen LogP) is 1.78. The SMILES string of the molecule is O=C1C(=O)c2ccccc2C(O)=C1C1C(=O)c2ccccc2C(=O)C1O. The van der Waals surface area contributed by atoms with E-state index in [0.29, 0.717) is 0 Å². The summed E-state index contributed by atoms with van der Waals surface area (Å²) in [5, 5.41) is 21.0. The van der Waals surface area contributed by atoms with Gasteiger partial charge in [-0.25, -0.2) is 0 Å². The van der Waals surface area contributed by atoms with E-state index < -0.39 is 46.5 Å². The third-order valence-corrected chi connectivity index (χ3v) is 4.77. The Bertz CT molecular complexity index is 1050. The molecule has 0 aliphatic heterocycles. The van der Waals surface area contributed by atoms with Gasteiger partial charge in [-0.15, -0.1) is 0 Å². The smallest absolute Gasteiger partial charge is 0.234 e. The molecule has 0 radical (unpaired) electrons. The van der Waals surface area contributed by atoms with Gasteiger partial charge in [-0.2, -0.15) is 0 Å². The Balaban J connectivity index is 1.95. The van der Waals surface area contributed by atoms with E-state index in [-0.39, 0.29) is 22.3 Å². The van der Waals surface area contributed by atoms with E-state index in [0.717, 1.165) is 0 Å². The normalized spacial score (nSPS) is 22.3. The van der Waals surface area contributed by atoms with Crippen molar-refractivity contribution in [3.05, 3.63) is 76.4 Å². The highest BCUT2D eigenvalue weighted by Crippen LogP contribution is 2.37. The van der Waals surface area contributed by atoms with Crippen LogP contribution in [0.25, 0.3) is 5.76 Å². The lowest BCUT2D eigenvalue weighted by Crippen LogP contribution is -2.45. The Morgan fingerprint density at radius 1 is 0.654 bits per heavy atom. The first-order valence-electron chi connectivity index (χ1n) is 7.90. The summed E-state index contributed by atoms with van der Waals surface area (Å²) in [5.74, 6) is -5.58. The van der Waals surface area contributed by atoms with Crippen LogP contribution in [0.5, 0.6) is 0 Å². The number of aliphatic hydroxyl groups is 2. The van der Waals surface area contributed by atoms with Gasteiger partial charge < -0.3 is 10.2 Å². The summed E-state index contributed by atoms with van der Waals surface area (Å²) in [6, 6.07) is 11.9. The third-order valence-electron chi connectivity index (χ3n) is 4.77. The number of fused-ring (bicyclic) bond motifs is 2. The second kappa shape index (κ2) is 5.57. The lowest BCUT2D eigenvalue weighted by atomic mass is 9.72. The zero-order valence-electron chi connectivity index (χ0n) is 13.3. The third kappa shape index (κ3) is 2.02. The molecule has 0 fully saturated rings. The fraction of sp³-hybridized carbons (Fsp3) is 0.100. The standard InChI is InChI=1S/C20H12O6/c21-15-9-5-1-3-7-11(9)17(23)19(25)13(15)14-16(22)10-6-2-4-8-12(10)18(24)20(14)26/h1-8,13,19,22,25H. The number of ketones is 4. The van der Waals surface area contributed by atoms with Crippen LogP contribution in [0.2, 0.25) is 0 Å². The molecule has 2 aliphatic rings. The summed E-state index contributed by atoms with van der Waals surface area (Å²) in [5.41, 5.74) is -0.320. The number of aliphatic hydroxyl groups excluding tert-OH is 2. The second-order valence-electron chi connectivity index (χ2n) is 6.16. The highest BCUT2D eigenvalue weighted by atomic mass is 16.3. The Hall–Kier alpha value is -3.38. The largest absolute Gasteiger partial charge is 0.507 e. The minimum atomic E-state index is -1.85. The molecule has 6 nitrogen and oxygen atoms in total. The summed E-state index contributed by atoms with van der Waals surface area (Å²) in [7, 11) is 0. The van der Waals surface area contributed by atoms with Gasteiger partial charge >= 0.3 is 0 Å². The van der Waals surface area contributed by atoms with Crippen LogP contribution in [-0.4, -0.2) is 39.5 Å². The van der Waals surface area contributed by atoms with Crippen molar-refractivity contribution in [1.29, 1.82) is 0 Å². The van der Waals surface area contributed by atoms with E-state index >= 15 is 0 Å². The molecular formula is C20H12O6. The Labute approximate surface area is 147 Å². The van der Waals surface area contributed by atoms with Gasteiger partial charge in [0.25, 0.3) is 0 Å². The zero-order valence-corrected chi connectivity index (χ0v) is 13.3. The van der Waals surface area contributed by atoms with E-state index in [1.165, 1.54) is 24.3 Å². The molecule has 2 unspecified atom stereocenters. The van der Waals surface area contributed by atoms with Crippen LogP contribution in [0.1, 0.15) is 36.6 Å². The predicted molar refractivity (Wildman–Crippen MR) is 89.9 cm³/mol. The van der Waals surface area contributed by atoms with Crippen LogP contribution in [0, 0.1) is 5.92 Å². The highest BCUT2D eigenvalue weighted by Gasteiger charge is 2.48. The van der Waals surface area contributed by atoms with Gasteiger partial charge in [0.1, 0.15) is 11.9 Å². The molecule has 2 N–H and O–H groups in total. The van der Waals surface area contributed by atoms with Gasteiger partial charge in [0.05, 0.1) is 11.5 Å². The van der Waals surface area contributed by atoms with Crippen molar-refractivity contribution in [3.63, 3.8) is 0 Å². The van der Waals surface area contributed by atoms with Crippen molar-refractivity contribution >= 4 is 28.9 Å². The fourth-order valence-corrected chi connectivity index (χ4v) is 3.50. The Kier molecular flexibility index (Phi) is 3.45. The maximum atomic E-state index is 12.9. The molecule has 2 aromatic carbocycles. The summed E-state index contributed by atoms with van der Waals surface area (Å²) in [6.07, 6.45) is -1.85. The first-order chi connectivity index (χ1) is 12.4. The Morgan fingerprint density at radius 2 is 1.15 bits per heavy atom. The van der Waals surface area contributed by atoms with Crippen LogP contribution >= 0.6 is 0 Å². The molecular weight excluding hydrogens is 336 g/mol.